The lowest BCUT2D eigenvalue weighted by atomic mass is 9.82. The first-order chi connectivity index (χ1) is 9.17. The van der Waals surface area contributed by atoms with Crippen molar-refractivity contribution in [3.05, 3.63) is 0 Å². The summed E-state index contributed by atoms with van der Waals surface area (Å²) in [6, 6.07) is 0.581. The van der Waals surface area contributed by atoms with Crippen LogP contribution in [0.1, 0.15) is 47.5 Å². The fourth-order valence-corrected chi connectivity index (χ4v) is 2.38. The topological polar surface area (TPSA) is 61.8 Å². The number of carbonyl (C=O) groups is 1. The van der Waals surface area contributed by atoms with E-state index in [1.54, 1.807) is 11.8 Å². The highest BCUT2D eigenvalue weighted by Crippen LogP contribution is 2.25. The molecule has 0 aliphatic heterocycles. The van der Waals surface area contributed by atoms with Crippen molar-refractivity contribution in [1.29, 1.82) is 0 Å². The van der Waals surface area contributed by atoms with Gasteiger partial charge in [-0.1, -0.05) is 6.92 Å². The second-order valence-electron chi connectivity index (χ2n) is 7.00. The lowest BCUT2D eigenvalue weighted by molar-refractivity contribution is 0.0160. The van der Waals surface area contributed by atoms with Crippen LogP contribution >= 0.6 is 0 Å². The average molecular weight is 286 g/mol. The molecule has 118 valence electrons. The number of hydrogen-bond donors (Lipinski definition) is 2. The number of rotatable bonds is 6. The van der Waals surface area contributed by atoms with Crippen LogP contribution in [0.2, 0.25) is 0 Å². The first-order valence-corrected chi connectivity index (χ1v) is 7.56. The lowest BCUT2D eigenvalue weighted by Crippen LogP contribution is -2.47. The third kappa shape index (κ3) is 6.57. The van der Waals surface area contributed by atoms with Crippen LogP contribution in [0.25, 0.3) is 0 Å². The van der Waals surface area contributed by atoms with Crippen molar-refractivity contribution < 1.29 is 14.6 Å². The number of aliphatic hydroxyl groups excluding tert-OH is 1. The van der Waals surface area contributed by atoms with Gasteiger partial charge < -0.3 is 20.1 Å². The van der Waals surface area contributed by atoms with Crippen molar-refractivity contribution in [2.45, 2.75) is 65.2 Å². The van der Waals surface area contributed by atoms with E-state index in [0.29, 0.717) is 19.1 Å². The molecule has 0 radical (unpaired) electrons. The fraction of sp³-hybridized carbons (Fsp3) is 0.933. The Morgan fingerprint density at radius 3 is 2.50 bits per heavy atom. The summed E-state index contributed by atoms with van der Waals surface area (Å²) >= 11 is 0. The Balaban J connectivity index is 2.36. The van der Waals surface area contributed by atoms with E-state index in [2.05, 4.69) is 12.2 Å². The molecular weight excluding hydrogens is 256 g/mol. The maximum absolute atomic E-state index is 12.1. The Labute approximate surface area is 122 Å². The maximum atomic E-state index is 12.1. The van der Waals surface area contributed by atoms with Gasteiger partial charge in [-0.05, 0) is 46.5 Å². The van der Waals surface area contributed by atoms with Crippen LogP contribution in [0, 0.1) is 5.92 Å². The van der Waals surface area contributed by atoms with E-state index in [1.165, 1.54) is 12.8 Å². The molecular formula is C15H30N2O3. The molecule has 0 aromatic heterocycles. The van der Waals surface area contributed by atoms with Crippen LogP contribution in [0.15, 0.2) is 0 Å². The molecule has 1 aliphatic rings. The molecule has 5 heteroatoms. The Bertz CT molecular complexity index is 307. The largest absolute Gasteiger partial charge is 0.444 e. The zero-order chi connectivity index (χ0) is 15.3. The molecule has 1 fully saturated rings. The van der Waals surface area contributed by atoms with Gasteiger partial charge in [0.25, 0.3) is 0 Å². The van der Waals surface area contributed by atoms with Gasteiger partial charge in [0.15, 0.2) is 0 Å². The first kappa shape index (κ1) is 17.2. The Morgan fingerprint density at radius 1 is 1.45 bits per heavy atom. The minimum atomic E-state index is -0.550. The van der Waals surface area contributed by atoms with Gasteiger partial charge in [-0.2, -0.15) is 0 Å². The van der Waals surface area contributed by atoms with Crippen molar-refractivity contribution in [2.75, 3.05) is 19.6 Å². The standard InChI is InChI=1S/C15H30N2O3/c1-11-8-13(9-11)16-6-7-17(10-12(2)18)14(19)20-15(3,4)5/h11-13,16,18H,6-10H2,1-5H3. The summed E-state index contributed by atoms with van der Waals surface area (Å²) in [6.07, 6.45) is 1.51. The van der Waals surface area contributed by atoms with Crippen molar-refractivity contribution >= 4 is 6.09 Å². The fourth-order valence-electron chi connectivity index (χ4n) is 2.38. The summed E-state index contributed by atoms with van der Waals surface area (Å²) in [5.41, 5.74) is -0.509. The molecule has 1 rings (SSSR count). The molecule has 1 aliphatic carbocycles. The van der Waals surface area contributed by atoms with E-state index in [0.717, 1.165) is 12.5 Å². The van der Waals surface area contributed by atoms with Crippen LogP contribution < -0.4 is 5.32 Å². The number of amides is 1. The summed E-state index contributed by atoms with van der Waals surface area (Å²) in [5, 5.41) is 12.9. The van der Waals surface area contributed by atoms with Crippen molar-refractivity contribution in [1.82, 2.24) is 10.2 Å². The minimum absolute atomic E-state index is 0.303. The van der Waals surface area contributed by atoms with Gasteiger partial charge in [-0.3, -0.25) is 0 Å². The third-order valence-electron chi connectivity index (χ3n) is 3.32. The number of ether oxygens (including phenoxy) is 1. The van der Waals surface area contributed by atoms with Crippen LogP contribution in [0.3, 0.4) is 0 Å². The third-order valence-corrected chi connectivity index (χ3v) is 3.32. The molecule has 1 unspecified atom stereocenters. The molecule has 1 amide bonds. The van der Waals surface area contributed by atoms with Gasteiger partial charge in [-0.25, -0.2) is 4.79 Å². The molecule has 5 nitrogen and oxygen atoms in total. The van der Waals surface area contributed by atoms with Gasteiger partial charge in [0.2, 0.25) is 0 Å². The molecule has 0 heterocycles. The molecule has 20 heavy (non-hydrogen) atoms. The van der Waals surface area contributed by atoms with Crippen molar-refractivity contribution in [3.8, 4) is 0 Å². The van der Waals surface area contributed by atoms with E-state index in [-0.39, 0.29) is 6.09 Å². The smallest absolute Gasteiger partial charge is 0.410 e. The number of hydrogen-bond acceptors (Lipinski definition) is 4. The van der Waals surface area contributed by atoms with Gasteiger partial charge in [0.05, 0.1) is 6.10 Å². The zero-order valence-corrected chi connectivity index (χ0v) is 13.5. The number of carbonyl (C=O) groups excluding carboxylic acids is 1. The molecule has 0 saturated heterocycles. The Kier molecular flexibility index (Phi) is 6.27. The molecule has 0 aromatic rings. The second-order valence-corrected chi connectivity index (χ2v) is 7.00. The van der Waals surface area contributed by atoms with Crippen LogP contribution in [-0.2, 0) is 4.74 Å². The number of aliphatic hydroxyl groups is 1. The van der Waals surface area contributed by atoms with E-state index in [4.69, 9.17) is 4.74 Å². The summed E-state index contributed by atoms with van der Waals surface area (Å²) < 4.78 is 5.36. The zero-order valence-electron chi connectivity index (χ0n) is 13.5. The van der Waals surface area contributed by atoms with Gasteiger partial charge >= 0.3 is 6.09 Å². The summed E-state index contributed by atoms with van der Waals surface area (Å²) in [7, 11) is 0. The SMILES string of the molecule is CC(O)CN(CCNC1CC(C)C1)C(=O)OC(C)(C)C. The Hall–Kier alpha value is -0.810. The molecule has 1 atom stereocenters. The first-order valence-electron chi connectivity index (χ1n) is 7.56. The maximum Gasteiger partial charge on any atom is 0.410 e. The predicted octanol–water partition coefficient (Wildman–Crippen LogP) is 1.99. The molecule has 0 bridgehead atoms. The van der Waals surface area contributed by atoms with E-state index < -0.39 is 11.7 Å². The van der Waals surface area contributed by atoms with E-state index in [9.17, 15) is 9.90 Å². The van der Waals surface area contributed by atoms with Gasteiger partial charge in [0, 0.05) is 25.7 Å². The normalized spacial score (nSPS) is 23.9. The highest BCUT2D eigenvalue weighted by atomic mass is 16.6. The average Bonchev–Trinajstić information content (AvgIpc) is 2.22. The summed E-state index contributed by atoms with van der Waals surface area (Å²) in [5.74, 6) is 0.812. The summed E-state index contributed by atoms with van der Waals surface area (Å²) in [4.78, 5) is 13.6. The van der Waals surface area contributed by atoms with Crippen LogP contribution in [0.4, 0.5) is 4.79 Å². The molecule has 2 N–H and O–H groups in total. The summed E-state index contributed by atoms with van der Waals surface area (Å²) in [6.45, 7) is 11.1. The number of nitrogens with one attached hydrogen (secondary N) is 1. The van der Waals surface area contributed by atoms with Crippen molar-refractivity contribution in [2.24, 2.45) is 5.92 Å². The predicted molar refractivity (Wildman–Crippen MR) is 79.7 cm³/mol. The minimum Gasteiger partial charge on any atom is -0.444 e. The lowest BCUT2D eigenvalue weighted by Gasteiger charge is -2.34. The molecule has 1 saturated carbocycles. The number of nitrogens with zero attached hydrogens (tertiary/aromatic N) is 1. The second kappa shape index (κ2) is 7.27. The van der Waals surface area contributed by atoms with Gasteiger partial charge in [-0.15, -0.1) is 0 Å². The van der Waals surface area contributed by atoms with Crippen LogP contribution in [0.5, 0.6) is 0 Å². The highest BCUT2D eigenvalue weighted by molar-refractivity contribution is 5.68. The van der Waals surface area contributed by atoms with Gasteiger partial charge in [0.1, 0.15) is 5.60 Å². The quantitative estimate of drug-likeness (QED) is 0.784. The highest BCUT2D eigenvalue weighted by Gasteiger charge is 2.26. The van der Waals surface area contributed by atoms with E-state index in [1.807, 2.05) is 20.8 Å². The molecule has 0 aromatic carbocycles. The van der Waals surface area contributed by atoms with Crippen molar-refractivity contribution in [3.63, 3.8) is 0 Å². The van der Waals surface area contributed by atoms with Crippen LogP contribution in [-0.4, -0.2) is 53.5 Å². The van der Waals surface area contributed by atoms with E-state index >= 15 is 0 Å². The molecule has 0 spiro atoms. The Morgan fingerprint density at radius 2 is 2.05 bits per heavy atom. The monoisotopic (exact) mass is 286 g/mol.